The van der Waals surface area contributed by atoms with Crippen LogP contribution in [0.1, 0.15) is 19.8 Å². The van der Waals surface area contributed by atoms with Crippen LogP contribution in [0.15, 0.2) is 18.2 Å². The summed E-state index contributed by atoms with van der Waals surface area (Å²) < 4.78 is 0. The molecule has 0 bridgehead atoms. The maximum Gasteiger partial charge on any atom is 0.270 e. The topological polar surface area (TPSA) is 113 Å². The highest BCUT2D eigenvalue weighted by Gasteiger charge is 2.25. The van der Waals surface area contributed by atoms with Crippen LogP contribution in [-0.2, 0) is 4.79 Å². The molecule has 9 heteroatoms. The molecular formula is C14H18ClN5O3. The Labute approximate surface area is 138 Å². The van der Waals surface area contributed by atoms with E-state index in [4.69, 9.17) is 0 Å². The quantitative estimate of drug-likeness (QED) is 0.586. The van der Waals surface area contributed by atoms with E-state index in [1.165, 1.54) is 12.1 Å². The number of aromatic amines is 1. The second-order valence-corrected chi connectivity index (χ2v) is 5.62. The van der Waals surface area contributed by atoms with Gasteiger partial charge in [0.2, 0.25) is 5.91 Å². The Balaban J connectivity index is 0.00000192. The minimum absolute atomic E-state index is 0. The lowest BCUT2D eigenvalue weighted by Crippen LogP contribution is -2.40. The number of carbonyl (C=O) groups is 1. The number of nitrogens with one attached hydrogen (secondary N) is 3. The molecule has 1 aliphatic rings. The van der Waals surface area contributed by atoms with Crippen molar-refractivity contribution in [1.82, 2.24) is 15.5 Å². The molecule has 3 N–H and O–H groups in total. The lowest BCUT2D eigenvalue weighted by molar-refractivity contribution is -0.384. The van der Waals surface area contributed by atoms with E-state index in [1.807, 2.05) is 6.92 Å². The van der Waals surface area contributed by atoms with Gasteiger partial charge in [0.1, 0.15) is 0 Å². The Hall–Kier alpha value is -2.19. The number of aromatic nitrogens is 2. The van der Waals surface area contributed by atoms with E-state index in [-0.39, 0.29) is 29.9 Å². The first-order chi connectivity index (χ1) is 10.5. The normalized spacial score (nSPS) is 20.7. The number of hydrogen-bond donors (Lipinski definition) is 3. The highest BCUT2D eigenvalue weighted by molar-refractivity contribution is 6.01. The van der Waals surface area contributed by atoms with Gasteiger partial charge in [-0.2, -0.15) is 5.10 Å². The smallest absolute Gasteiger partial charge is 0.270 e. The van der Waals surface area contributed by atoms with Crippen LogP contribution in [-0.4, -0.2) is 33.6 Å². The van der Waals surface area contributed by atoms with Gasteiger partial charge >= 0.3 is 0 Å². The third-order valence-electron chi connectivity index (χ3n) is 3.99. The summed E-state index contributed by atoms with van der Waals surface area (Å²) in [6.45, 7) is 2.86. The van der Waals surface area contributed by atoms with E-state index < -0.39 is 4.92 Å². The van der Waals surface area contributed by atoms with Crippen molar-refractivity contribution < 1.29 is 9.72 Å². The minimum Gasteiger partial charge on any atom is -0.314 e. The molecule has 8 nitrogen and oxygen atoms in total. The summed E-state index contributed by atoms with van der Waals surface area (Å²) >= 11 is 0. The lowest BCUT2D eigenvalue weighted by atomic mass is 9.92. The second-order valence-electron chi connectivity index (χ2n) is 5.62. The maximum absolute atomic E-state index is 12.3. The molecular weight excluding hydrogens is 322 g/mol. The zero-order valence-corrected chi connectivity index (χ0v) is 13.4. The van der Waals surface area contributed by atoms with Gasteiger partial charge in [-0.05, 0) is 32.4 Å². The number of nitro groups is 1. The van der Waals surface area contributed by atoms with Gasteiger partial charge in [0, 0.05) is 24.1 Å². The number of fused-ring (bicyclic) bond motifs is 1. The van der Waals surface area contributed by atoms with Crippen LogP contribution >= 0.6 is 12.4 Å². The maximum atomic E-state index is 12.3. The molecule has 1 saturated heterocycles. The van der Waals surface area contributed by atoms with Crippen LogP contribution in [0.4, 0.5) is 11.5 Å². The summed E-state index contributed by atoms with van der Waals surface area (Å²) in [7, 11) is 0. The summed E-state index contributed by atoms with van der Waals surface area (Å²) in [6.07, 6.45) is 1.55. The standard InChI is InChI=1S/C14H17N5O3.ClH/c1-8-6-9(4-5-15-8)14(20)16-13-11-7-10(19(21)22)2-3-12(11)17-18-13;/h2-3,7-9,15H,4-6H2,1H3,(H2,16,17,18,20);1H/t8-,9-;/m0./s1. The summed E-state index contributed by atoms with van der Waals surface area (Å²) in [5.74, 6) is 0.185. The molecule has 1 aromatic carbocycles. The van der Waals surface area contributed by atoms with Gasteiger partial charge in [0.15, 0.2) is 5.82 Å². The van der Waals surface area contributed by atoms with Crippen molar-refractivity contribution in [2.75, 3.05) is 11.9 Å². The number of non-ortho nitro benzene ring substituents is 1. The summed E-state index contributed by atoms with van der Waals surface area (Å²) in [5, 5.41) is 24.3. The SMILES string of the molecule is C[C@H]1C[C@@H](C(=O)Nc2n[nH]c3ccc([N+](=O)[O-])cc23)CCN1.Cl. The lowest BCUT2D eigenvalue weighted by Gasteiger charge is -2.26. The van der Waals surface area contributed by atoms with E-state index in [2.05, 4.69) is 20.8 Å². The second kappa shape index (κ2) is 6.93. The molecule has 3 rings (SSSR count). The van der Waals surface area contributed by atoms with Crippen molar-refractivity contribution in [2.45, 2.75) is 25.8 Å². The molecule has 2 atom stereocenters. The van der Waals surface area contributed by atoms with E-state index in [1.54, 1.807) is 6.07 Å². The molecule has 124 valence electrons. The molecule has 0 spiro atoms. The van der Waals surface area contributed by atoms with Crippen LogP contribution < -0.4 is 10.6 Å². The van der Waals surface area contributed by atoms with Gasteiger partial charge in [-0.1, -0.05) is 0 Å². The first-order valence-corrected chi connectivity index (χ1v) is 7.21. The molecule has 1 amide bonds. The average Bonchev–Trinajstić information content (AvgIpc) is 2.89. The molecule has 1 aromatic heterocycles. The fourth-order valence-corrected chi connectivity index (χ4v) is 2.80. The fourth-order valence-electron chi connectivity index (χ4n) is 2.80. The summed E-state index contributed by atoms with van der Waals surface area (Å²) in [6, 6.07) is 4.71. The van der Waals surface area contributed by atoms with Crippen LogP contribution in [0.25, 0.3) is 10.9 Å². The van der Waals surface area contributed by atoms with Crippen LogP contribution in [0.2, 0.25) is 0 Å². The van der Waals surface area contributed by atoms with Crippen molar-refractivity contribution in [2.24, 2.45) is 5.92 Å². The Bertz CT molecular complexity index is 732. The number of amides is 1. The number of anilines is 1. The molecule has 23 heavy (non-hydrogen) atoms. The zero-order chi connectivity index (χ0) is 15.7. The number of carbonyl (C=O) groups excluding carboxylic acids is 1. The van der Waals surface area contributed by atoms with Crippen molar-refractivity contribution in [1.29, 1.82) is 0 Å². The molecule has 1 fully saturated rings. The molecule has 2 heterocycles. The number of H-pyrrole nitrogens is 1. The van der Waals surface area contributed by atoms with Crippen LogP contribution in [0.3, 0.4) is 0 Å². The fraction of sp³-hybridized carbons (Fsp3) is 0.429. The number of benzene rings is 1. The average molecular weight is 340 g/mol. The van der Waals surface area contributed by atoms with Gasteiger partial charge in [0.05, 0.1) is 15.8 Å². The number of piperidine rings is 1. The molecule has 0 unspecified atom stereocenters. The molecule has 0 saturated carbocycles. The first kappa shape index (κ1) is 17.2. The minimum atomic E-state index is -0.466. The van der Waals surface area contributed by atoms with Gasteiger partial charge in [-0.25, -0.2) is 0 Å². The third-order valence-corrected chi connectivity index (χ3v) is 3.99. The van der Waals surface area contributed by atoms with Crippen molar-refractivity contribution >= 4 is 40.7 Å². The van der Waals surface area contributed by atoms with Crippen molar-refractivity contribution in [3.63, 3.8) is 0 Å². The molecule has 0 aliphatic carbocycles. The molecule has 2 aromatic rings. The zero-order valence-electron chi connectivity index (χ0n) is 12.5. The van der Waals surface area contributed by atoms with Crippen LogP contribution in [0.5, 0.6) is 0 Å². The monoisotopic (exact) mass is 339 g/mol. The van der Waals surface area contributed by atoms with Gasteiger partial charge in [-0.3, -0.25) is 20.0 Å². The molecule has 0 radical (unpaired) electrons. The van der Waals surface area contributed by atoms with E-state index in [0.717, 1.165) is 19.4 Å². The van der Waals surface area contributed by atoms with Crippen molar-refractivity contribution in [3.05, 3.63) is 28.3 Å². The molecule has 1 aliphatic heterocycles. The number of hydrogen-bond acceptors (Lipinski definition) is 5. The van der Waals surface area contributed by atoms with Crippen molar-refractivity contribution in [3.8, 4) is 0 Å². The van der Waals surface area contributed by atoms with E-state index in [0.29, 0.717) is 22.8 Å². The first-order valence-electron chi connectivity index (χ1n) is 7.21. The van der Waals surface area contributed by atoms with Gasteiger partial charge in [0.25, 0.3) is 5.69 Å². The third kappa shape index (κ3) is 3.59. The number of nitro benzene ring substituents is 1. The van der Waals surface area contributed by atoms with Gasteiger partial charge in [-0.15, -0.1) is 12.4 Å². The Morgan fingerprint density at radius 2 is 2.26 bits per heavy atom. The van der Waals surface area contributed by atoms with E-state index >= 15 is 0 Å². The Kier molecular flexibility index (Phi) is 5.17. The Morgan fingerprint density at radius 3 is 2.96 bits per heavy atom. The predicted octanol–water partition coefficient (Wildman–Crippen LogP) is 2.22. The van der Waals surface area contributed by atoms with Crippen LogP contribution in [0, 0.1) is 16.0 Å². The summed E-state index contributed by atoms with van der Waals surface area (Å²) in [5.41, 5.74) is 0.625. The highest BCUT2D eigenvalue weighted by Crippen LogP contribution is 2.26. The van der Waals surface area contributed by atoms with E-state index in [9.17, 15) is 14.9 Å². The number of halogens is 1. The predicted molar refractivity (Wildman–Crippen MR) is 88.8 cm³/mol. The number of rotatable bonds is 3. The summed E-state index contributed by atoms with van der Waals surface area (Å²) in [4.78, 5) is 22.7. The highest BCUT2D eigenvalue weighted by atomic mass is 35.5. The Morgan fingerprint density at radius 1 is 1.48 bits per heavy atom. The van der Waals surface area contributed by atoms with Gasteiger partial charge < -0.3 is 10.6 Å². The largest absolute Gasteiger partial charge is 0.314 e. The number of nitrogens with zero attached hydrogens (tertiary/aromatic N) is 2.